The highest BCUT2D eigenvalue weighted by atomic mass is 16.2. The second-order valence-electron chi connectivity index (χ2n) is 9.66. The topological polar surface area (TPSA) is 75.2 Å². The van der Waals surface area contributed by atoms with E-state index in [-0.39, 0.29) is 17.7 Å². The molecule has 0 bridgehead atoms. The van der Waals surface area contributed by atoms with E-state index in [0.29, 0.717) is 37.3 Å². The van der Waals surface area contributed by atoms with Crippen LogP contribution in [0.4, 0.5) is 5.82 Å². The fraction of sp³-hybridized carbons (Fsp3) is 0.267. The zero-order chi connectivity index (χ0) is 25.2. The summed E-state index contributed by atoms with van der Waals surface area (Å²) in [6.07, 6.45) is 2.93. The maximum absolute atomic E-state index is 13.7. The molecule has 0 atom stereocenters. The van der Waals surface area contributed by atoms with Gasteiger partial charge in [0, 0.05) is 36.2 Å². The van der Waals surface area contributed by atoms with Gasteiger partial charge in [0.25, 0.3) is 5.91 Å². The number of fused-ring (bicyclic) bond motifs is 1. The molecule has 2 amide bonds. The summed E-state index contributed by atoms with van der Waals surface area (Å²) < 4.78 is 0. The Morgan fingerprint density at radius 2 is 1.67 bits per heavy atom. The van der Waals surface area contributed by atoms with E-state index in [1.807, 2.05) is 54.3 Å². The summed E-state index contributed by atoms with van der Waals surface area (Å²) in [4.78, 5) is 37.5. The van der Waals surface area contributed by atoms with Crippen LogP contribution in [0.1, 0.15) is 39.9 Å². The number of anilines is 1. The van der Waals surface area contributed by atoms with E-state index in [2.05, 4.69) is 42.3 Å². The highest BCUT2D eigenvalue weighted by Crippen LogP contribution is 2.29. The molecular formula is C30H30N4O2. The summed E-state index contributed by atoms with van der Waals surface area (Å²) in [5, 5.41) is 3.77. The first-order valence-corrected chi connectivity index (χ1v) is 12.4. The van der Waals surface area contributed by atoms with E-state index in [9.17, 15) is 9.59 Å². The molecule has 0 unspecified atom stereocenters. The Hall–Kier alpha value is -4.06. The van der Waals surface area contributed by atoms with Crippen molar-refractivity contribution in [1.82, 2.24) is 14.9 Å². The Balaban J connectivity index is 1.36. The van der Waals surface area contributed by atoms with E-state index < -0.39 is 0 Å². The number of likely N-dealkylation sites (tertiary alicyclic amines) is 1. The summed E-state index contributed by atoms with van der Waals surface area (Å²) in [7, 11) is 0. The van der Waals surface area contributed by atoms with Crippen molar-refractivity contribution in [3.8, 4) is 11.3 Å². The molecule has 1 saturated heterocycles. The molecule has 5 rings (SSSR count). The minimum atomic E-state index is -0.142. The highest BCUT2D eigenvalue weighted by molar-refractivity contribution is 6.07. The van der Waals surface area contributed by atoms with Gasteiger partial charge >= 0.3 is 0 Å². The standard InChI is InChI=1S/C30H30N4O2/c1-19-8-9-23(21(3)16-19)27-18-25(24-6-4-5-7-26(24)32-27)30(36)34-14-11-22(12-15-34)29(35)33-28-17-20(2)10-13-31-28/h4-10,13,16-18,22H,11-12,14-15H2,1-3H3,(H,31,33,35). The lowest BCUT2D eigenvalue weighted by Gasteiger charge is -2.31. The first-order valence-electron chi connectivity index (χ1n) is 12.4. The van der Waals surface area contributed by atoms with Gasteiger partial charge in [0.05, 0.1) is 16.8 Å². The number of benzene rings is 2. The lowest BCUT2D eigenvalue weighted by Crippen LogP contribution is -2.41. The van der Waals surface area contributed by atoms with Crippen molar-refractivity contribution < 1.29 is 9.59 Å². The van der Waals surface area contributed by atoms with Gasteiger partial charge in [0.15, 0.2) is 0 Å². The molecule has 2 aromatic carbocycles. The quantitative estimate of drug-likeness (QED) is 0.407. The molecule has 2 aromatic heterocycles. The first kappa shape index (κ1) is 23.7. The van der Waals surface area contributed by atoms with Crippen molar-refractivity contribution in [2.45, 2.75) is 33.6 Å². The van der Waals surface area contributed by atoms with Crippen LogP contribution in [-0.4, -0.2) is 39.8 Å². The second-order valence-corrected chi connectivity index (χ2v) is 9.66. The van der Waals surface area contributed by atoms with Crippen molar-refractivity contribution in [1.29, 1.82) is 0 Å². The van der Waals surface area contributed by atoms with Crippen LogP contribution in [0.25, 0.3) is 22.2 Å². The number of carbonyl (C=O) groups excluding carboxylic acids is 2. The Kier molecular flexibility index (Phi) is 6.51. The number of pyridine rings is 2. The van der Waals surface area contributed by atoms with Crippen molar-refractivity contribution in [3.05, 3.63) is 89.1 Å². The van der Waals surface area contributed by atoms with Crippen LogP contribution in [0.3, 0.4) is 0 Å². The van der Waals surface area contributed by atoms with Crippen molar-refractivity contribution in [2.75, 3.05) is 18.4 Å². The van der Waals surface area contributed by atoms with Gasteiger partial charge in [-0.25, -0.2) is 9.97 Å². The summed E-state index contributed by atoms with van der Waals surface area (Å²) >= 11 is 0. The lowest BCUT2D eigenvalue weighted by molar-refractivity contribution is -0.121. The monoisotopic (exact) mass is 478 g/mol. The van der Waals surface area contributed by atoms with Gasteiger partial charge in [-0.1, -0.05) is 42.0 Å². The minimum Gasteiger partial charge on any atom is -0.339 e. The van der Waals surface area contributed by atoms with Crippen LogP contribution in [-0.2, 0) is 4.79 Å². The number of carbonyl (C=O) groups is 2. The van der Waals surface area contributed by atoms with Gasteiger partial charge in [-0.15, -0.1) is 0 Å². The summed E-state index contributed by atoms with van der Waals surface area (Å²) in [6, 6.07) is 19.8. The third kappa shape index (κ3) is 4.85. The van der Waals surface area contributed by atoms with Crippen LogP contribution in [0.5, 0.6) is 0 Å². The number of nitrogens with one attached hydrogen (secondary N) is 1. The van der Waals surface area contributed by atoms with E-state index >= 15 is 0 Å². The molecule has 6 nitrogen and oxygen atoms in total. The zero-order valence-electron chi connectivity index (χ0n) is 20.9. The van der Waals surface area contributed by atoms with E-state index in [1.165, 1.54) is 5.56 Å². The van der Waals surface area contributed by atoms with E-state index in [0.717, 1.165) is 33.3 Å². The maximum Gasteiger partial charge on any atom is 0.254 e. The fourth-order valence-electron chi connectivity index (χ4n) is 4.94. The molecule has 36 heavy (non-hydrogen) atoms. The predicted octanol–water partition coefficient (Wildman–Crippen LogP) is 5.71. The third-order valence-electron chi connectivity index (χ3n) is 6.92. The molecule has 1 aliphatic rings. The molecule has 1 fully saturated rings. The zero-order valence-corrected chi connectivity index (χ0v) is 20.9. The van der Waals surface area contributed by atoms with Gasteiger partial charge < -0.3 is 10.2 Å². The first-order chi connectivity index (χ1) is 17.4. The van der Waals surface area contributed by atoms with E-state index in [4.69, 9.17) is 4.98 Å². The van der Waals surface area contributed by atoms with Gasteiger partial charge in [-0.3, -0.25) is 9.59 Å². The molecule has 0 spiro atoms. The SMILES string of the molecule is Cc1ccnc(NC(=O)C2CCN(C(=O)c3cc(-c4ccc(C)cc4C)nc4ccccc34)CC2)c1. The number of hydrogen-bond donors (Lipinski definition) is 1. The van der Waals surface area contributed by atoms with Gasteiger partial charge in [-0.2, -0.15) is 0 Å². The number of nitrogens with zero attached hydrogens (tertiary/aromatic N) is 3. The van der Waals surface area contributed by atoms with Crippen LogP contribution in [0, 0.1) is 26.7 Å². The van der Waals surface area contributed by atoms with Gasteiger partial charge in [0.1, 0.15) is 5.82 Å². The Morgan fingerprint density at radius 3 is 2.42 bits per heavy atom. The molecule has 0 aliphatic carbocycles. The lowest BCUT2D eigenvalue weighted by atomic mass is 9.94. The Labute approximate surface area is 211 Å². The van der Waals surface area contributed by atoms with Crippen LogP contribution >= 0.6 is 0 Å². The molecule has 4 aromatic rings. The summed E-state index contributed by atoms with van der Waals surface area (Å²) in [5.41, 5.74) is 6.66. The molecule has 1 N–H and O–H groups in total. The molecular weight excluding hydrogens is 448 g/mol. The molecule has 3 heterocycles. The number of amides is 2. The fourth-order valence-corrected chi connectivity index (χ4v) is 4.94. The Bertz CT molecular complexity index is 1450. The average molecular weight is 479 g/mol. The maximum atomic E-state index is 13.7. The normalized spacial score (nSPS) is 14.1. The number of aromatic nitrogens is 2. The summed E-state index contributed by atoms with van der Waals surface area (Å²) in [6.45, 7) is 7.18. The highest BCUT2D eigenvalue weighted by Gasteiger charge is 2.29. The number of para-hydroxylation sites is 1. The van der Waals surface area contributed by atoms with Crippen LogP contribution in [0.15, 0.2) is 66.9 Å². The van der Waals surface area contributed by atoms with Crippen molar-refractivity contribution in [3.63, 3.8) is 0 Å². The van der Waals surface area contributed by atoms with Crippen LogP contribution in [0.2, 0.25) is 0 Å². The molecule has 182 valence electrons. The average Bonchev–Trinajstić information content (AvgIpc) is 2.88. The van der Waals surface area contributed by atoms with Crippen molar-refractivity contribution in [2.24, 2.45) is 5.92 Å². The predicted molar refractivity (Wildman–Crippen MR) is 143 cm³/mol. The molecule has 0 saturated carbocycles. The van der Waals surface area contributed by atoms with Gasteiger partial charge in [0.2, 0.25) is 5.91 Å². The molecule has 6 heteroatoms. The number of aryl methyl sites for hydroxylation is 3. The second kappa shape index (κ2) is 9.90. The van der Waals surface area contributed by atoms with Crippen LogP contribution < -0.4 is 5.32 Å². The number of hydrogen-bond acceptors (Lipinski definition) is 4. The number of piperidine rings is 1. The molecule has 1 aliphatic heterocycles. The largest absolute Gasteiger partial charge is 0.339 e. The number of rotatable bonds is 4. The van der Waals surface area contributed by atoms with Gasteiger partial charge in [-0.05, 0) is 69.0 Å². The van der Waals surface area contributed by atoms with Crippen molar-refractivity contribution >= 4 is 28.5 Å². The summed E-state index contributed by atoms with van der Waals surface area (Å²) in [5.74, 6) is 0.377. The molecule has 0 radical (unpaired) electrons. The Morgan fingerprint density at radius 1 is 0.917 bits per heavy atom. The van der Waals surface area contributed by atoms with E-state index in [1.54, 1.807) is 6.20 Å². The smallest absolute Gasteiger partial charge is 0.254 e. The third-order valence-corrected chi connectivity index (χ3v) is 6.92. The minimum absolute atomic E-state index is 0.0150.